The van der Waals surface area contributed by atoms with Crippen LogP contribution >= 0.6 is 23.2 Å². The third kappa shape index (κ3) is 3.07. The highest BCUT2D eigenvalue weighted by Gasteiger charge is 2.15. The Hall–Kier alpha value is -1.98. The van der Waals surface area contributed by atoms with Crippen molar-refractivity contribution in [3.05, 3.63) is 56.6 Å². The minimum absolute atomic E-state index is 0.0945. The molecule has 0 aliphatic rings. The van der Waals surface area contributed by atoms with Gasteiger partial charge in [0.1, 0.15) is 5.69 Å². The predicted octanol–water partition coefficient (Wildman–Crippen LogP) is 4.23. The monoisotopic (exact) mass is 297 g/mol. The van der Waals surface area contributed by atoms with Crippen LogP contribution in [0.5, 0.6) is 0 Å². The Labute approximate surface area is 119 Å². The first-order valence-corrected chi connectivity index (χ1v) is 5.99. The van der Waals surface area contributed by atoms with Gasteiger partial charge in [0.25, 0.3) is 5.69 Å². The van der Waals surface area contributed by atoms with Crippen molar-refractivity contribution in [1.29, 1.82) is 0 Å². The predicted molar refractivity (Wildman–Crippen MR) is 77.3 cm³/mol. The molecule has 0 spiro atoms. The van der Waals surface area contributed by atoms with Crippen molar-refractivity contribution >= 4 is 46.0 Å². The molecular formula is C12H9Cl2N3O2. The lowest BCUT2D eigenvalue weighted by Gasteiger charge is -2.10. The Kier molecular flexibility index (Phi) is 3.78. The molecule has 19 heavy (non-hydrogen) atoms. The fourth-order valence-corrected chi connectivity index (χ4v) is 1.89. The molecule has 3 N–H and O–H groups in total. The van der Waals surface area contributed by atoms with E-state index in [1.807, 2.05) is 0 Å². The highest BCUT2D eigenvalue weighted by molar-refractivity contribution is 6.33. The number of nitrogens with one attached hydrogen (secondary N) is 1. The molecule has 0 saturated heterocycles. The number of hydrogen-bond acceptors (Lipinski definition) is 4. The number of benzene rings is 2. The zero-order chi connectivity index (χ0) is 14.0. The number of rotatable bonds is 3. The Morgan fingerprint density at radius 2 is 1.84 bits per heavy atom. The number of nitro benzene ring substituents is 1. The summed E-state index contributed by atoms with van der Waals surface area (Å²) in [4.78, 5) is 10.4. The summed E-state index contributed by atoms with van der Waals surface area (Å²) in [6.07, 6.45) is 0. The quantitative estimate of drug-likeness (QED) is 0.505. The van der Waals surface area contributed by atoms with E-state index in [2.05, 4.69) is 5.32 Å². The van der Waals surface area contributed by atoms with Gasteiger partial charge < -0.3 is 11.1 Å². The second-order valence-corrected chi connectivity index (χ2v) is 4.63. The van der Waals surface area contributed by atoms with Gasteiger partial charge in [-0.2, -0.15) is 0 Å². The van der Waals surface area contributed by atoms with E-state index in [0.717, 1.165) is 0 Å². The van der Waals surface area contributed by atoms with Crippen molar-refractivity contribution in [3.63, 3.8) is 0 Å². The molecule has 2 aromatic rings. The van der Waals surface area contributed by atoms with E-state index < -0.39 is 4.92 Å². The van der Waals surface area contributed by atoms with E-state index in [0.29, 0.717) is 21.4 Å². The fraction of sp³-hybridized carbons (Fsp3) is 0. The first-order chi connectivity index (χ1) is 8.97. The number of anilines is 3. The van der Waals surface area contributed by atoms with E-state index in [1.165, 1.54) is 18.2 Å². The van der Waals surface area contributed by atoms with Gasteiger partial charge in [0.2, 0.25) is 0 Å². The summed E-state index contributed by atoms with van der Waals surface area (Å²) in [6.45, 7) is 0. The molecule has 0 bridgehead atoms. The maximum absolute atomic E-state index is 10.9. The van der Waals surface area contributed by atoms with Gasteiger partial charge in [-0.1, -0.05) is 23.2 Å². The average molecular weight is 298 g/mol. The largest absolute Gasteiger partial charge is 0.399 e. The van der Waals surface area contributed by atoms with Gasteiger partial charge in [0.05, 0.1) is 15.6 Å². The topological polar surface area (TPSA) is 81.2 Å². The van der Waals surface area contributed by atoms with Gasteiger partial charge in [-0.25, -0.2) is 0 Å². The minimum atomic E-state index is -0.501. The highest BCUT2D eigenvalue weighted by atomic mass is 35.5. The number of nitro groups is 1. The molecular weight excluding hydrogens is 289 g/mol. The van der Waals surface area contributed by atoms with Gasteiger partial charge in [-0.3, -0.25) is 10.1 Å². The summed E-state index contributed by atoms with van der Waals surface area (Å²) in [6, 6.07) is 9.07. The summed E-state index contributed by atoms with van der Waals surface area (Å²) < 4.78 is 0. The third-order valence-corrected chi connectivity index (χ3v) is 2.98. The first-order valence-electron chi connectivity index (χ1n) is 5.23. The molecule has 0 fully saturated rings. The van der Waals surface area contributed by atoms with Crippen LogP contribution in [0.4, 0.5) is 22.7 Å². The molecule has 0 heterocycles. The Morgan fingerprint density at radius 3 is 2.53 bits per heavy atom. The van der Waals surface area contributed by atoms with Crippen LogP contribution in [-0.4, -0.2) is 4.92 Å². The highest BCUT2D eigenvalue weighted by Crippen LogP contribution is 2.33. The van der Waals surface area contributed by atoms with Gasteiger partial charge >= 0.3 is 0 Å². The summed E-state index contributed by atoms with van der Waals surface area (Å²) in [5, 5.41) is 14.6. The zero-order valence-electron chi connectivity index (χ0n) is 9.56. The summed E-state index contributed by atoms with van der Waals surface area (Å²) in [5.41, 5.74) is 6.79. The number of nitrogens with zero attached hydrogens (tertiary/aromatic N) is 1. The van der Waals surface area contributed by atoms with Crippen LogP contribution in [0, 0.1) is 10.1 Å². The van der Waals surface area contributed by atoms with Crippen LogP contribution in [-0.2, 0) is 0 Å². The van der Waals surface area contributed by atoms with E-state index >= 15 is 0 Å². The van der Waals surface area contributed by atoms with Crippen molar-refractivity contribution in [2.45, 2.75) is 0 Å². The number of hydrogen-bond donors (Lipinski definition) is 2. The second-order valence-electron chi connectivity index (χ2n) is 3.78. The normalized spacial score (nSPS) is 10.2. The first kappa shape index (κ1) is 13.5. The molecule has 7 heteroatoms. The Morgan fingerprint density at radius 1 is 1.11 bits per heavy atom. The lowest BCUT2D eigenvalue weighted by molar-refractivity contribution is -0.383. The van der Waals surface area contributed by atoms with Crippen LogP contribution in [0.15, 0.2) is 36.4 Å². The molecule has 0 aliphatic heterocycles. The Balaban J connectivity index is 2.45. The average Bonchev–Trinajstić information content (AvgIpc) is 2.33. The van der Waals surface area contributed by atoms with E-state index in [4.69, 9.17) is 28.9 Å². The zero-order valence-corrected chi connectivity index (χ0v) is 11.1. The van der Waals surface area contributed by atoms with E-state index in [9.17, 15) is 10.1 Å². The van der Waals surface area contributed by atoms with Crippen LogP contribution in [0.3, 0.4) is 0 Å². The molecule has 98 valence electrons. The van der Waals surface area contributed by atoms with Crippen molar-refractivity contribution in [3.8, 4) is 0 Å². The molecule has 5 nitrogen and oxygen atoms in total. The molecule has 0 radical (unpaired) electrons. The van der Waals surface area contributed by atoms with Crippen LogP contribution in [0.2, 0.25) is 10.0 Å². The van der Waals surface area contributed by atoms with E-state index in [1.54, 1.807) is 18.2 Å². The number of nitrogens with two attached hydrogens (primary N) is 1. The SMILES string of the molecule is Nc1ccc(Cl)c(Nc2cc(Cl)ccc2[N+](=O)[O-])c1. The number of halogens is 2. The molecule has 0 aliphatic carbocycles. The lowest BCUT2D eigenvalue weighted by atomic mass is 10.2. The molecule has 0 amide bonds. The molecule has 0 unspecified atom stereocenters. The standard InChI is InChI=1S/C12H9Cl2N3O2/c13-7-1-4-12(17(18)19)11(5-7)16-10-6-8(15)2-3-9(10)14/h1-6,16H,15H2. The van der Waals surface area contributed by atoms with Crippen molar-refractivity contribution < 1.29 is 4.92 Å². The van der Waals surface area contributed by atoms with Gasteiger partial charge in [0, 0.05) is 16.8 Å². The number of nitrogen functional groups attached to an aromatic ring is 1. The lowest BCUT2D eigenvalue weighted by Crippen LogP contribution is -1.98. The van der Waals surface area contributed by atoms with Crippen molar-refractivity contribution in [2.24, 2.45) is 0 Å². The Bertz CT molecular complexity index is 647. The van der Waals surface area contributed by atoms with Gasteiger partial charge in [0.15, 0.2) is 0 Å². The smallest absolute Gasteiger partial charge is 0.292 e. The maximum atomic E-state index is 10.9. The third-order valence-electron chi connectivity index (χ3n) is 2.42. The van der Waals surface area contributed by atoms with Crippen molar-refractivity contribution in [1.82, 2.24) is 0 Å². The second kappa shape index (κ2) is 5.34. The fourth-order valence-electron chi connectivity index (χ4n) is 1.55. The summed E-state index contributed by atoms with van der Waals surface area (Å²) in [7, 11) is 0. The van der Waals surface area contributed by atoms with E-state index in [-0.39, 0.29) is 11.4 Å². The molecule has 0 atom stereocenters. The molecule has 2 aromatic carbocycles. The molecule has 2 rings (SSSR count). The summed E-state index contributed by atoms with van der Waals surface area (Å²) >= 11 is 11.8. The van der Waals surface area contributed by atoms with Crippen molar-refractivity contribution in [2.75, 3.05) is 11.1 Å². The van der Waals surface area contributed by atoms with Crippen LogP contribution < -0.4 is 11.1 Å². The summed E-state index contributed by atoms with van der Waals surface area (Å²) in [5.74, 6) is 0. The molecule has 0 aromatic heterocycles. The minimum Gasteiger partial charge on any atom is -0.399 e. The van der Waals surface area contributed by atoms with Crippen LogP contribution in [0.25, 0.3) is 0 Å². The van der Waals surface area contributed by atoms with Crippen LogP contribution in [0.1, 0.15) is 0 Å². The maximum Gasteiger partial charge on any atom is 0.292 e. The molecule has 0 saturated carbocycles. The van der Waals surface area contributed by atoms with Gasteiger partial charge in [-0.15, -0.1) is 0 Å². The van der Waals surface area contributed by atoms with Gasteiger partial charge in [-0.05, 0) is 30.3 Å².